The Kier molecular flexibility index (Phi) is 4.14. The third-order valence-electron chi connectivity index (χ3n) is 3.90. The molecular weight excluding hydrogens is 334 g/mol. The van der Waals surface area contributed by atoms with Gasteiger partial charge in [0.25, 0.3) is 5.78 Å². The highest BCUT2D eigenvalue weighted by atomic mass is 16.5. The van der Waals surface area contributed by atoms with Crippen LogP contribution >= 0.6 is 0 Å². The second-order valence-electron chi connectivity index (χ2n) is 5.50. The molecule has 0 aliphatic carbocycles. The Morgan fingerprint density at radius 1 is 1.15 bits per heavy atom. The number of esters is 1. The molecular formula is C18H15N5O3. The van der Waals surface area contributed by atoms with E-state index in [0.29, 0.717) is 35.1 Å². The molecule has 0 amide bonds. The molecule has 0 saturated carbocycles. The van der Waals surface area contributed by atoms with Gasteiger partial charge >= 0.3 is 5.97 Å². The number of carbonyl (C=O) groups is 1. The van der Waals surface area contributed by atoms with E-state index < -0.39 is 5.97 Å². The number of oxazole rings is 1. The zero-order chi connectivity index (χ0) is 17.9. The van der Waals surface area contributed by atoms with E-state index in [-0.39, 0.29) is 6.61 Å². The normalized spacial score (nSPS) is 11.0. The summed E-state index contributed by atoms with van der Waals surface area (Å²) in [7, 11) is 0. The highest BCUT2D eigenvalue weighted by Gasteiger charge is 2.18. The van der Waals surface area contributed by atoms with Gasteiger partial charge in [0.05, 0.1) is 17.5 Å². The van der Waals surface area contributed by atoms with Gasteiger partial charge in [0.2, 0.25) is 5.89 Å². The molecule has 0 radical (unpaired) electrons. The van der Waals surface area contributed by atoms with E-state index in [9.17, 15) is 4.79 Å². The molecule has 1 aromatic carbocycles. The summed E-state index contributed by atoms with van der Waals surface area (Å²) in [6.07, 6.45) is 5.05. The highest BCUT2D eigenvalue weighted by Crippen LogP contribution is 2.20. The maximum atomic E-state index is 12.4. The molecule has 130 valence electrons. The van der Waals surface area contributed by atoms with Crippen LogP contribution in [-0.2, 0) is 17.8 Å². The van der Waals surface area contributed by atoms with Gasteiger partial charge in [0.1, 0.15) is 6.33 Å². The second kappa shape index (κ2) is 6.75. The predicted octanol–water partition coefficient (Wildman–Crippen LogP) is 2.70. The van der Waals surface area contributed by atoms with Crippen molar-refractivity contribution in [2.45, 2.75) is 20.0 Å². The van der Waals surface area contributed by atoms with Crippen LogP contribution in [-0.4, -0.2) is 30.5 Å². The first-order valence-electron chi connectivity index (χ1n) is 8.11. The van der Waals surface area contributed by atoms with Crippen LogP contribution in [0.4, 0.5) is 0 Å². The number of benzene rings is 1. The van der Waals surface area contributed by atoms with Gasteiger partial charge in [-0.2, -0.15) is 10.1 Å². The van der Waals surface area contributed by atoms with Gasteiger partial charge in [-0.3, -0.25) is 0 Å². The Morgan fingerprint density at radius 2 is 2.00 bits per heavy atom. The zero-order valence-electron chi connectivity index (χ0n) is 14.0. The van der Waals surface area contributed by atoms with Crippen LogP contribution in [0.25, 0.3) is 17.1 Å². The van der Waals surface area contributed by atoms with E-state index in [4.69, 9.17) is 9.15 Å². The summed E-state index contributed by atoms with van der Waals surface area (Å²) in [5, 5.41) is 4.09. The molecule has 8 heteroatoms. The van der Waals surface area contributed by atoms with Gasteiger partial charge in [0, 0.05) is 11.8 Å². The van der Waals surface area contributed by atoms with E-state index in [1.165, 1.54) is 17.0 Å². The van der Waals surface area contributed by atoms with Crippen LogP contribution in [0.5, 0.6) is 0 Å². The van der Waals surface area contributed by atoms with Crippen molar-refractivity contribution in [1.82, 2.24) is 24.6 Å². The van der Waals surface area contributed by atoms with E-state index in [1.54, 1.807) is 6.20 Å². The quantitative estimate of drug-likeness (QED) is 0.511. The van der Waals surface area contributed by atoms with Crippen LogP contribution < -0.4 is 0 Å². The van der Waals surface area contributed by atoms with Crippen molar-refractivity contribution in [2.24, 2.45) is 0 Å². The van der Waals surface area contributed by atoms with Crippen molar-refractivity contribution >= 4 is 11.7 Å². The zero-order valence-corrected chi connectivity index (χ0v) is 14.0. The van der Waals surface area contributed by atoms with Gasteiger partial charge < -0.3 is 9.15 Å². The van der Waals surface area contributed by atoms with E-state index >= 15 is 0 Å². The number of hydrogen-bond donors (Lipinski definition) is 0. The molecule has 26 heavy (non-hydrogen) atoms. The standard InChI is InChI=1S/C18H15N5O3/c1-2-14-13(8-20-18-21-11-22-23(14)18)17(24)25-10-16-19-9-15(26-16)12-6-4-3-5-7-12/h3-9,11H,2,10H2,1H3. The van der Waals surface area contributed by atoms with Crippen molar-refractivity contribution in [3.05, 3.63) is 66.2 Å². The summed E-state index contributed by atoms with van der Waals surface area (Å²) in [4.78, 5) is 24.7. The summed E-state index contributed by atoms with van der Waals surface area (Å²) < 4.78 is 12.5. The van der Waals surface area contributed by atoms with Gasteiger partial charge in [0.15, 0.2) is 12.4 Å². The van der Waals surface area contributed by atoms with Crippen LogP contribution in [0, 0.1) is 0 Å². The Bertz CT molecular complexity index is 1060. The van der Waals surface area contributed by atoms with Crippen molar-refractivity contribution in [1.29, 1.82) is 0 Å². The minimum absolute atomic E-state index is 0.0653. The Morgan fingerprint density at radius 3 is 2.81 bits per heavy atom. The molecule has 3 aromatic heterocycles. The highest BCUT2D eigenvalue weighted by molar-refractivity contribution is 5.90. The van der Waals surface area contributed by atoms with E-state index in [2.05, 4.69) is 20.1 Å². The number of ether oxygens (including phenoxy) is 1. The molecule has 0 atom stereocenters. The molecule has 0 unspecified atom stereocenters. The Balaban J connectivity index is 1.50. The molecule has 0 spiro atoms. The first-order chi connectivity index (χ1) is 12.8. The molecule has 0 bridgehead atoms. The molecule has 8 nitrogen and oxygen atoms in total. The summed E-state index contributed by atoms with van der Waals surface area (Å²) in [6.45, 7) is 1.86. The first kappa shape index (κ1) is 15.9. The minimum Gasteiger partial charge on any atom is -0.452 e. The monoisotopic (exact) mass is 349 g/mol. The summed E-state index contributed by atoms with van der Waals surface area (Å²) in [5.41, 5.74) is 1.95. The summed E-state index contributed by atoms with van der Waals surface area (Å²) in [5.74, 6) is 0.881. The third-order valence-corrected chi connectivity index (χ3v) is 3.90. The number of hydrogen-bond acceptors (Lipinski definition) is 7. The topological polar surface area (TPSA) is 95.4 Å². The van der Waals surface area contributed by atoms with Crippen LogP contribution in [0.2, 0.25) is 0 Å². The molecule has 3 heterocycles. The lowest BCUT2D eigenvalue weighted by Gasteiger charge is -2.08. The molecule has 0 saturated heterocycles. The fourth-order valence-electron chi connectivity index (χ4n) is 2.65. The summed E-state index contributed by atoms with van der Waals surface area (Å²) in [6, 6.07) is 9.59. The SMILES string of the molecule is CCc1c(C(=O)OCc2ncc(-c3ccccc3)o2)cnc2ncnn12. The number of fused-ring (bicyclic) bond motifs is 1. The lowest BCUT2D eigenvalue weighted by Crippen LogP contribution is -2.13. The maximum absolute atomic E-state index is 12.4. The van der Waals surface area contributed by atoms with Crippen molar-refractivity contribution < 1.29 is 13.9 Å². The van der Waals surface area contributed by atoms with E-state index in [1.807, 2.05) is 37.3 Å². The largest absolute Gasteiger partial charge is 0.452 e. The molecule has 0 aliphatic rings. The van der Waals surface area contributed by atoms with E-state index in [0.717, 1.165) is 5.56 Å². The number of aryl methyl sites for hydroxylation is 1. The third kappa shape index (κ3) is 2.92. The molecule has 4 rings (SSSR count). The van der Waals surface area contributed by atoms with Crippen LogP contribution in [0.3, 0.4) is 0 Å². The molecule has 0 N–H and O–H groups in total. The maximum Gasteiger partial charge on any atom is 0.342 e. The Labute approximate surface area is 148 Å². The average Bonchev–Trinajstić information content (AvgIpc) is 3.35. The number of rotatable bonds is 5. The van der Waals surface area contributed by atoms with Crippen LogP contribution in [0.15, 0.2) is 53.5 Å². The van der Waals surface area contributed by atoms with Crippen molar-refractivity contribution in [2.75, 3.05) is 0 Å². The number of carbonyl (C=O) groups excluding carboxylic acids is 1. The van der Waals surface area contributed by atoms with Gasteiger partial charge in [-0.1, -0.05) is 37.3 Å². The first-order valence-corrected chi connectivity index (χ1v) is 8.11. The fourth-order valence-corrected chi connectivity index (χ4v) is 2.65. The lowest BCUT2D eigenvalue weighted by molar-refractivity contribution is 0.0436. The molecule has 0 fully saturated rings. The van der Waals surface area contributed by atoms with Crippen molar-refractivity contribution in [3.8, 4) is 11.3 Å². The van der Waals surface area contributed by atoms with Gasteiger partial charge in [-0.15, -0.1) is 0 Å². The fraction of sp³-hybridized carbons (Fsp3) is 0.167. The van der Waals surface area contributed by atoms with Gasteiger partial charge in [-0.25, -0.2) is 19.3 Å². The van der Waals surface area contributed by atoms with Gasteiger partial charge in [-0.05, 0) is 6.42 Å². The van der Waals surface area contributed by atoms with Crippen molar-refractivity contribution in [3.63, 3.8) is 0 Å². The predicted molar refractivity (Wildman–Crippen MR) is 91.2 cm³/mol. The van der Waals surface area contributed by atoms with Crippen LogP contribution in [0.1, 0.15) is 28.9 Å². The minimum atomic E-state index is -0.508. The number of nitrogens with zero attached hydrogens (tertiary/aromatic N) is 5. The molecule has 0 aliphatic heterocycles. The average molecular weight is 349 g/mol. The lowest BCUT2D eigenvalue weighted by atomic mass is 10.2. The summed E-state index contributed by atoms with van der Waals surface area (Å²) >= 11 is 0. The number of aromatic nitrogens is 5. The Hall–Kier alpha value is -3.55. The second-order valence-corrected chi connectivity index (χ2v) is 5.50. The molecule has 4 aromatic rings. The smallest absolute Gasteiger partial charge is 0.342 e.